The molecule has 3 aromatic carbocycles. The van der Waals surface area contributed by atoms with Crippen LogP contribution < -0.4 is 9.64 Å². The summed E-state index contributed by atoms with van der Waals surface area (Å²) in [4.78, 5) is 1.58. The van der Waals surface area contributed by atoms with Crippen molar-refractivity contribution in [3.8, 4) is 11.5 Å². The molecule has 1 fully saturated rings. The molecule has 4 rings (SSSR count). The highest BCUT2D eigenvalue weighted by Gasteiger charge is 2.30. The fraction of sp³-hybridized carbons (Fsp3) is 0.273. The second kappa shape index (κ2) is 8.02. The van der Waals surface area contributed by atoms with Gasteiger partial charge >= 0.3 is 0 Å². The van der Waals surface area contributed by atoms with Crippen molar-refractivity contribution in [1.82, 2.24) is 4.31 Å². The number of benzene rings is 3. The summed E-state index contributed by atoms with van der Waals surface area (Å²) in [5.74, 6) is 1.01. The van der Waals surface area contributed by atoms with E-state index in [1.807, 2.05) is 30.3 Å². The number of hydrogen-bond donors (Lipinski definition) is 2. The third-order valence-corrected chi connectivity index (χ3v) is 7.47. The number of rotatable bonds is 5. The summed E-state index contributed by atoms with van der Waals surface area (Å²) in [6.07, 6.45) is 0. The Morgan fingerprint density at radius 1 is 1.03 bits per heavy atom. The zero-order valence-electron chi connectivity index (χ0n) is 16.3. The molecule has 0 bridgehead atoms. The van der Waals surface area contributed by atoms with Crippen molar-refractivity contribution in [2.24, 2.45) is 0 Å². The molecule has 29 heavy (non-hydrogen) atoms. The van der Waals surface area contributed by atoms with Gasteiger partial charge in [-0.2, -0.15) is 4.31 Å². The van der Waals surface area contributed by atoms with E-state index in [2.05, 4.69) is 0 Å². The predicted octanol–water partition coefficient (Wildman–Crippen LogP) is 1.64. The Labute approximate surface area is 171 Å². The average Bonchev–Trinajstić information content (AvgIpc) is 2.76. The molecule has 1 aliphatic heterocycles. The van der Waals surface area contributed by atoms with Crippen molar-refractivity contribution in [2.45, 2.75) is 11.4 Å². The average molecular weight is 414 g/mol. The van der Waals surface area contributed by atoms with Crippen LogP contribution in [0.4, 0.5) is 0 Å². The molecule has 0 atom stereocenters. The number of nitrogens with one attached hydrogen (secondary N) is 1. The molecule has 1 saturated heterocycles. The first-order chi connectivity index (χ1) is 14.0. The van der Waals surface area contributed by atoms with E-state index in [0.29, 0.717) is 37.6 Å². The molecule has 0 aliphatic carbocycles. The second-order valence-electron chi connectivity index (χ2n) is 7.29. The third-order valence-electron chi connectivity index (χ3n) is 5.55. The molecule has 2 N–H and O–H groups in total. The highest BCUT2D eigenvalue weighted by molar-refractivity contribution is 7.89. The minimum Gasteiger partial charge on any atom is -0.507 e. The number of quaternary nitrogens is 1. The highest BCUT2D eigenvalue weighted by atomic mass is 32.2. The molecule has 1 aliphatic rings. The molecule has 3 aromatic rings. The van der Waals surface area contributed by atoms with Gasteiger partial charge < -0.3 is 14.7 Å². The monoisotopic (exact) mass is 413 g/mol. The van der Waals surface area contributed by atoms with Gasteiger partial charge in [-0.25, -0.2) is 8.42 Å². The van der Waals surface area contributed by atoms with Crippen molar-refractivity contribution in [3.05, 3.63) is 66.2 Å². The Morgan fingerprint density at radius 2 is 1.72 bits per heavy atom. The Balaban J connectivity index is 1.51. The quantitative estimate of drug-likeness (QED) is 0.667. The second-order valence-corrected chi connectivity index (χ2v) is 9.23. The smallest absolute Gasteiger partial charge is 0.243 e. The number of nitrogens with zero attached hydrogens (tertiary/aromatic N) is 1. The normalized spacial score (nSPS) is 16.2. The lowest BCUT2D eigenvalue weighted by molar-refractivity contribution is -0.917. The van der Waals surface area contributed by atoms with Crippen LogP contribution in [0.3, 0.4) is 0 Å². The van der Waals surface area contributed by atoms with Crippen LogP contribution in [0.5, 0.6) is 11.5 Å². The first-order valence-corrected chi connectivity index (χ1v) is 11.1. The standard InChI is InChI=1S/C22H24N2O4S/c1-28-18-9-7-17-8-10-22(25)21(20(17)15-18)16-23-11-13-24(14-12-23)29(26,27)19-5-3-2-4-6-19/h2-10,15,25H,11-14,16H2,1H3/p+1. The Hall–Kier alpha value is -2.61. The van der Waals surface area contributed by atoms with Gasteiger partial charge in [0, 0.05) is 0 Å². The number of ether oxygens (including phenoxy) is 1. The molecule has 1 heterocycles. The molecule has 0 radical (unpaired) electrons. The molecule has 6 nitrogen and oxygen atoms in total. The van der Waals surface area contributed by atoms with E-state index in [1.54, 1.807) is 41.7 Å². The summed E-state index contributed by atoms with van der Waals surface area (Å²) in [5.41, 5.74) is 0.871. The fourth-order valence-corrected chi connectivity index (χ4v) is 5.34. The lowest BCUT2D eigenvalue weighted by Crippen LogP contribution is -3.13. The number of sulfonamides is 1. The van der Waals surface area contributed by atoms with Crippen molar-refractivity contribution in [3.63, 3.8) is 0 Å². The zero-order valence-corrected chi connectivity index (χ0v) is 17.2. The minimum atomic E-state index is -3.46. The van der Waals surface area contributed by atoms with Crippen LogP contribution in [0.15, 0.2) is 65.6 Å². The van der Waals surface area contributed by atoms with E-state index < -0.39 is 10.0 Å². The van der Waals surface area contributed by atoms with Gasteiger partial charge in [0.1, 0.15) is 18.0 Å². The molecule has 7 heteroatoms. The van der Waals surface area contributed by atoms with Crippen molar-refractivity contribution < 1.29 is 23.2 Å². The zero-order chi connectivity index (χ0) is 20.4. The lowest BCUT2D eigenvalue weighted by Gasteiger charge is -2.31. The fourth-order valence-electron chi connectivity index (χ4n) is 3.87. The summed E-state index contributed by atoms with van der Waals surface area (Å²) in [6.45, 7) is 2.93. The molecular weight excluding hydrogens is 388 g/mol. The largest absolute Gasteiger partial charge is 0.507 e. The van der Waals surface area contributed by atoms with Crippen LogP contribution in [-0.4, -0.2) is 51.1 Å². The molecule has 0 aromatic heterocycles. The van der Waals surface area contributed by atoms with Crippen molar-refractivity contribution in [2.75, 3.05) is 33.3 Å². The van der Waals surface area contributed by atoms with Crippen LogP contribution in [0, 0.1) is 0 Å². The SMILES string of the molecule is COc1ccc2ccc(O)c(C[NH+]3CCN(S(=O)(=O)c4ccccc4)CC3)c2c1. The topological polar surface area (TPSA) is 71.3 Å². The minimum absolute atomic E-state index is 0.262. The maximum atomic E-state index is 12.8. The van der Waals surface area contributed by atoms with Crippen LogP contribution in [0.1, 0.15) is 5.56 Å². The first-order valence-electron chi connectivity index (χ1n) is 9.66. The highest BCUT2D eigenvalue weighted by Crippen LogP contribution is 2.29. The maximum absolute atomic E-state index is 12.8. The summed E-state index contributed by atoms with van der Waals surface area (Å²) in [5, 5.41) is 12.5. The summed E-state index contributed by atoms with van der Waals surface area (Å²) < 4.78 is 32.5. The maximum Gasteiger partial charge on any atom is 0.243 e. The molecule has 152 valence electrons. The predicted molar refractivity (Wildman–Crippen MR) is 112 cm³/mol. The van der Waals surface area contributed by atoms with Crippen LogP contribution in [-0.2, 0) is 16.6 Å². The van der Waals surface area contributed by atoms with Crippen molar-refractivity contribution >= 4 is 20.8 Å². The van der Waals surface area contributed by atoms with E-state index in [1.165, 1.54) is 4.90 Å². The van der Waals surface area contributed by atoms with Gasteiger partial charge in [0.2, 0.25) is 10.0 Å². The molecular formula is C22H25N2O4S+. The van der Waals surface area contributed by atoms with Gasteiger partial charge in [0.05, 0.1) is 43.7 Å². The number of fused-ring (bicyclic) bond motifs is 1. The molecule has 0 spiro atoms. The first kappa shape index (κ1) is 19.7. The number of piperazine rings is 1. The number of hydrogen-bond acceptors (Lipinski definition) is 4. The van der Waals surface area contributed by atoms with E-state index in [0.717, 1.165) is 22.1 Å². The van der Waals surface area contributed by atoms with Gasteiger partial charge in [0.15, 0.2) is 0 Å². The summed E-state index contributed by atoms with van der Waals surface area (Å²) in [6, 6.07) is 18.0. The van der Waals surface area contributed by atoms with Gasteiger partial charge in [-0.05, 0) is 41.1 Å². The van der Waals surface area contributed by atoms with Gasteiger partial charge in [-0.3, -0.25) is 0 Å². The van der Waals surface area contributed by atoms with Crippen LogP contribution in [0.2, 0.25) is 0 Å². The number of aromatic hydroxyl groups is 1. The van der Waals surface area contributed by atoms with Crippen molar-refractivity contribution in [1.29, 1.82) is 0 Å². The Morgan fingerprint density at radius 3 is 2.41 bits per heavy atom. The molecule has 0 amide bonds. The molecule has 0 saturated carbocycles. The van der Waals surface area contributed by atoms with E-state index in [4.69, 9.17) is 4.74 Å². The summed E-state index contributed by atoms with van der Waals surface area (Å²) >= 11 is 0. The Kier molecular flexibility index (Phi) is 5.45. The number of phenols is 1. The van der Waals surface area contributed by atoms with E-state index in [-0.39, 0.29) is 5.75 Å². The third kappa shape index (κ3) is 3.94. The van der Waals surface area contributed by atoms with Gasteiger partial charge in [-0.15, -0.1) is 0 Å². The molecule has 0 unspecified atom stereocenters. The lowest BCUT2D eigenvalue weighted by atomic mass is 10.0. The van der Waals surface area contributed by atoms with E-state index >= 15 is 0 Å². The number of phenolic OH excluding ortho intramolecular Hbond substituents is 1. The number of methoxy groups -OCH3 is 1. The Bertz CT molecular complexity index is 1110. The van der Waals surface area contributed by atoms with Crippen LogP contribution in [0.25, 0.3) is 10.8 Å². The van der Waals surface area contributed by atoms with Gasteiger partial charge in [0.25, 0.3) is 0 Å². The summed E-state index contributed by atoms with van der Waals surface area (Å²) in [7, 11) is -1.83. The van der Waals surface area contributed by atoms with Crippen LogP contribution >= 0.6 is 0 Å². The van der Waals surface area contributed by atoms with E-state index in [9.17, 15) is 13.5 Å². The van der Waals surface area contributed by atoms with Gasteiger partial charge in [-0.1, -0.05) is 30.3 Å².